The number of aliphatic hydroxyl groups is 1. The summed E-state index contributed by atoms with van der Waals surface area (Å²) in [5, 5.41) is 16.0. The molecule has 2 atom stereocenters. The van der Waals surface area contributed by atoms with Crippen molar-refractivity contribution >= 4 is 11.3 Å². The van der Waals surface area contributed by atoms with E-state index in [0.29, 0.717) is 19.8 Å². The Bertz CT molecular complexity index is 316. The number of aromatic nitrogens is 1. The molecule has 2 heterocycles. The molecular weight excluding hydrogens is 212 g/mol. The normalized spacial score (nSPS) is 26.0. The Morgan fingerprint density at radius 3 is 3.13 bits per heavy atom. The lowest BCUT2D eigenvalue weighted by molar-refractivity contribution is 0.122. The van der Waals surface area contributed by atoms with Crippen molar-refractivity contribution in [2.75, 3.05) is 13.2 Å². The van der Waals surface area contributed by atoms with Crippen LogP contribution in [0.25, 0.3) is 0 Å². The van der Waals surface area contributed by atoms with Crippen LogP contribution in [0.1, 0.15) is 17.6 Å². The summed E-state index contributed by atoms with van der Waals surface area (Å²) in [6, 6.07) is 0.0526. The van der Waals surface area contributed by atoms with Crippen molar-refractivity contribution in [3.63, 3.8) is 0 Å². The van der Waals surface area contributed by atoms with Gasteiger partial charge in [0.25, 0.3) is 0 Å². The van der Waals surface area contributed by atoms with Crippen LogP contribution in [-0.2, 0) is 17.7 Å². The molecule has 1 aromatic heterocycles. The first-order chi connectivity index (χ1) is 7.29. The Morgan fingerprint density at radius 2 is 2.53 bits per heavy atom. The van der Waals surface area contributed by atoms with E-state index in [1.807, 2.05) is 0 Å². The van der Waals surface area contributed by atoms with Crippen molar-refractivity contribution in [3.05, 3.63) is 16.1 Å². The van der Waals surface area contributed by atoms with E-state index in [1.54, 1.807) is 11.3 Å². The Morgan fingerprint density at radius 1 is 1.67 bits per heavy atom. The molecule has 1 saturated heterocycles. The van der Waals surface area contributed by atoms with Gasteiger partial charge in [0.1, 0.15) is 0 Å². The van der Waals surface area contributed by atoms with Gasteiger partial charge < -0.3 is 15.2 Å². The van der Waals surface area contributed by atoms with Gasteiger partial charge >= 0.3 is 0 Å². The monoisotopic (exact) mass is 228 g/mol. The molecule has 0 amide bonds. The molecule has 1 fully saturated rings. The summed E-state index contributed by atoms with van der Waals surface area (Å²) < 4.78 is 5.15. The first-order valence-electron chi connectivity index (χ1n) is 5.22. The second kappa shape index (κ2) is 5.03. The second-order valence-electron chi connectivity index (χ2n) is 3.68. The SMILES string of the molecule is CCc1nc(CNC2COCC2O)cs1. The van der Waals surface area contributed by atoms with Crippen LogP contribution < -0.4 is 5.32 Å². The van der Waals surface area contributed by atoms with Gasteiger partial charge in [-0.3, -0.25) is 0 Å². The van der Waals surface area contributed by atoms with Gasteiger partial charge in [-0.25, -0.2) is 4.98 Å². The highest BCUT2D eigenvalue weighted by Gasteiger charge is 2.25. The maximum Gasteiger partial charge on any atom is 0.0948 e. The highest BCUT2D eigenvalue weighted by atomic mass is 32.1. The fourth-order valence-corrected chi connectivity index (χ4v) is 2.31. The van der Waals surface area contributed by atoms with E-state index in [2.05, 4.69) is 22.6 Å². The number of nitrogens with zero attached hydrogens (tertiary/aromatic N) is 1. The maximum absolute atomic E-state index is 9.51. The molecule has 5 heteroatoms. The van der Waals surface area contributed by atoms with Crippen LogP contribution in [0.2, 0.25) is 0 Å². The highest BCUT2D eigenvalue weighted by Crippen LogP contribution is 2.11. The van der Waals surface area contributed by atoms with Gasteiger partial charge in [-0.15, -0.1) is 11.3 Å². The van der Waals surface area contributed by atoms with Crippen molar-refractivity contribution < 1.29 is 9.84 Å². The van der Waals surface area contributed by atoms with Crippen molar-refractivity contribution in [3.8, 4) is 0 Å². The van der Waals surface area contributed by atoms with E-state index in [0.717, 1.165) is 17.1 Å². The highest BCUT2D eigenvalue weighted by molar-refractivity contribution is 7.09. The zero-order valence-electron chi connectivity index (χ0n) is 8.77. The molecule has 0 spiro atoms. The van der Waals surface area contributed by atoms with E-state index in [9.17, 15) is 5.11 Å². The van der Waals surface area contributed by atoms with E-state index >= 15 is 0 Å². The van der Waals surface area contributed by atoms with Crippen LogP contribution in [0.4, 0.5) is 0 Å². The van der Waals surface area contributed by atoms with E-state index in [1.165, 1.54) is 0 Å². The van der Waals surface area contributed by atoms with Crippen LogP contribution in [0.5, 0.6) is 0 Å². The van der Waals surface area contributed by atoms with Crippen LogP contribution >= 0.6 is 11.3 Å². The largest absolute Gasteiger partial charge is 0.389 e. The summed E-state index contributed by atoms with van der Waals surface area (Å²) in [7, 11) is 0. The summed E-state index contributed by atoms with van der Waals surface area (Å²) in [4.78, 5) is 4.45. The zero-order valence-corrected chi connectivity index (χ0v) is 9.59. The summed E-state index contributed by atoms with van der Waals surface area (Å²) in [6.07, 6.45) is 0.606. The average Bonchev–Trinajstić information content (AvgIpc) is 2.84. The zero-order chi connectivity index (χ0) is 10.7. The number of hydrogen-bond acceptors (Lipinski definition) is 5. The molecule has 2 unspecified atom stereocenters. The number of ether oxygens (including phenoxy) is 1. The maximum atomic E-state index is 9.51. The molecular formula is C10H16N2O2S. The third-order valence-electron chi connectivity index (χ3n) is 2.50. The molecule has 4 nitrogen and oxygen atoms in total. The minimum absolute atomic E-state index is 0.0526. The standard InChI is InChI=1S/C10H16N2O2S/c1-2-10-12-7(6-15-10)3-11-8-4-14-5-9(8)13/h6,8-9,11,13H,2-5H2,1H3. The Hall–Kier alpha value is -0.490. The lowest BCUT2D eigenvalue weighted by Gasteiger charge is -2.12. The molecule has 2 N–H and O–H groups in total. The second-order valence-corrected chi connectivity index (χ2v) is 4.62. The number of aliphatic hydroxyl groups excluding tert-OH is 1. The molecule has 15 heavy (non-hydrogen) atoms. The predicted octanol–water partition coefficient (Wildman–Crippen LogP) is 0.555. The first kappa shape index (κ1) is 11.0. The molecule has 0 bridgehead atoms. The van der Waals surface area contributed by atoms with Gasteiger partial charge in [-0.05, 0) is 6.42 Å². The number of rotatable bonds is 4. The Labute approximate surface area is 93.3 Å². The van der Waals surface area contributed by atoms with Crippen LogP contribution in [0.3, 0.4) is 0 Å². The Kier molecular flexibility index (Phi) is 3.69. The molecule has 2 rings (SSSR count). The number of aryl methyl sites for hydroxylation is 1. The minimum atomic E-state index is -0.380. The summed E-state index contributed by atoms with van der Waals surface area (Å²) >= 11 is 1.69. The van der Waals surface area contributed by atoms with E-state index in [4.69, 9.17) is 4.74 Å². The predicted molar refractivity (Wildman–Crippen MR) is 58.9 cm³/mol. The van der Waals surface area contributed by atoms with E-state index in [-0.39, 0.29) is 12.1 Å². The van der Waals surface area contributed by atoms with Gasteiger partial charge in [-0.1, -0.05) is 6.92 Å². The fraction of sp³-hybridized carbons (Fsp3) is 0.700. The first-order valence-corrected chi connectivity index (χ1v) is 6.10. The van der Waals surface area contributed by atoms with Gasteiger partial charge in [0, 0.05) is 11.9 Å². The Balaban J connectivity index is 1.82. The molecule has 1 aliphatic rings. The van der Waals surface area contributed by atoms with Gasteiger partial charge in [-0.2, -0.15) is 0 Å². The van der Waals surface area contributed by atoms with Crippen molar-refractivity contribution in [2.45, 2.75) is 32.0 Å². The molecule has 0 radical (unpaired) electrons. The summed E-state index contributed by atoms with van der Waals surface area (Å²) in [5.74, 6) is 0. The minimum Gasteiger partial charge on any atom is -0.389 e. The molecule has 1 aliphatic heterocycles. The lowest BCUT2D eigenvalue weighted by Crippen LogP contribution is -2.38. The van der Waals surface area contributed by atoms with Gasteiger partial charge in [0.15, 0.2) is 0 Å². The van der Waals surface area contributed by atoms with Crippen molar-refractivity contribution in [2.24, 2.45) is 0 Å². The lowest BCUT2D eigenvalue weighted by atomic mass is 10.2. The third kappa shape index (κ3) is 2.75. The summed E-state index contributed by atoms with van der Waals surface area (Å²) in [6.45, 7) is 3.84. The molecule has 84 valence electrons. The van der Waals surface area contributed by atoms with Gasteiger partial charge in [0.2, 0.25) is 0 Å². The average molecular weight is 228 g/mol. The third-order valence-corrected chi connectivity index (χ3v) is 3.54. The number of hydrogen-bond donors (Lipinski definition) is 2. The fourth-order valence-electron chi connectivity index (χ4n) is 1.57. The number of nitrogens with one attached hydrogen (secondary N) is 1. The molecule has 1 aromatic rings. The number of thiazole rings is 1. The van der Waals surface area contributed by atoms with Crippen molar-refractivity contribution in [1.82, 2.24) is 10.3 Å². The summed E-state index contributed by atoms with van der Waals surface area (Å²) in [5.41, 5.74) is 1.05. The van der Waals surface area contributed by atoms with Crippen LogP contribution in [0, 0.1) is 0 Å². The quantitative estimate of drug-likeness (QED) is 0.790. The van der Waals surface area contributed by atoms with Crippen molar-refractivity contribution in [1.29, 1.82) is 0 Å². The smallest absolute Gasteiger partial charge is 0.0948 e. The van der Waals surface area contributed by atoms with E-state index < -0.39 is 0 Å². The molecule has 0 saturated carbocycles. The van der Waals surface area contributed by atoms with Crippen LogP contribution in [-0.4, -0.2) is 35.5 Å². The van der Waals surface area contributed by atoms with Crippen LogP contribution in [0.15, 0.2) is 5.38 Å². The van der Waals surface area contributed by atoms with Gasteiger partial charge in [0.05, 0.1) is 36.1 Å². The topological polar surface area (TPSA) is 54.4 Å². The molecule has 0 aromatic carbocycles. The molecule has 0 aliphatic carbocycles.